The summed E-state index contributed by atoms with van der Waals surface area (Å²) in [6.45, 7) is -0.161. The van der Waals surface area contributed by atoms with Gasteiger partial charge in [-0.1, -0.05) is 18.2 Å². The number of rotatable bonds is 2. The third-order valence-corrected chi connectivity index (χ3v) is 2.12. The van der Waals surface area contributed by atoms with E-state index in [9.17, 15) is 4.79 Å². The summed E-state index contributed by atoms with van der Waals surface area (Å²) >= 11 is 0. The van der Waals surface area contributed by atoms with Crippen LogP contribution in [0.1, 0.15) is 16.1 Å². The molecule has 0 unspecified atom stereocenters. The SMILES string of the molecule is O=Cc1nc2ccccc2cc1CO. The molecule has 3 heteroatoms. The molecule has 2 rings (SSSR count). The standard InChI is InChI=1S/C11H9NO2/c13-6-9-5-8-3-1-2-4-10(8)12-11(9)7-14/h1-5,7,13H,6H2. The molecule has 0 saturated heterocycles. The summed E-state index contributed by atoms with van der Waals surface area (Å²) < 4.78 is 0. The van der Waals surface area contributed by atoms with E-state index in [2.05, 4.69) is 4.98 Å². The lowest BCUT2D eigenvalue weighted by molar-refractivity contribution is 0.111. The van der Waals surface area contributed by atoms with Crippen LogP contribution in [0, 0.1) is 0 Å². The summed E-state index contributed by atoms with van der Waals surface area (Å²) in [4.78, 5) is 14.8. The molecule has 70 valence electrons. The van der Waals surface area contributed by atoms with Crippen LogP contribution in [0.5, 0.6) is 0 Å². The largest absolute Gasteiger partial charge is 0.392 e. The molecular weight excluding hydrogens is 178 g/mol. The van der Waals surface area contributed by atoms with Crippen LogP contribution in [0.4, 0.5) is 0 Å². The van der Waals surface area contributed by atoms with Gasteiger partial charge in [-0.2, -0.15) is 0 Å². The maximum absolute atomic E-state index is 10.7. The zero-order chi connectivity index (χ0) is 9.97. The third kappa shape index (κ3) is 1.38. The van der Waals surface area contributed by atoms with E-state index >= 15 is 0 Å². The van der Waals surface area contributed by atoms with Gasteiger partial charge in [0.15, 0.2) is 6.29 Å². The second-order valence-electron chi connectivity index (χ2n) is 3.00. The minimum atomic E-state index is -0.161. The number of fused-ring (bicyclic) bond motifs is 1. The number of carbonyl (C=O) groups is 1. The molecule has 0 amide bonds. The van der Waals surface area contributed by atoms with E-state index in [1.54, 1.807) is 6.07 Å². The Kier molecular flexibility index (Phi) is 2.24. The number of carbonyl (C=O) groups excluding carboxylic acids is 1. The first-order valence-electron chi connectivity index (χ1n) is 4.30. The second kappa shape index (κ2) is 3.55. The number of nitrogens with zero attached hydrogens (tertiary/aromatic N) is 1. The number of aromatic nitrogens is 1. The van der Waals surface area contributed by atoms with Gasteiger partial charge in [0.25, 0.3) is 0 Å². The fourth-order valence-corrected chi connectivity index (χ4v) is 1.40. The lowest BCUT2D eigenvalue weighted by atomic mass is 10.1. The van der Waals surface area contributed by atoms with E-state index in [0.29, 0.717) is 17.5 Å². The van der Waals surface area contributed by atoms with Gasteiger partial charge in [-0.25, -0.2) is 4.98 Å². The molecule has 14 heavy (non-hydrogen) atoms. The van der Waals surface area contributed by atoms with Crippen LogP contribution in [0.2, 0.25) is 0 Å². The summed E-state index contributed by atoms with van der Waals surface area (Å²) in [7, 11) is 0. The second-order valence-corrected chi connectivity index (χ2v) is 3.00. The molecule has 1 aromatic carbocycles. The summed E-state index contributed by atoms with van der Waals surface area (Å²) in [6, 6.07) is 9.28. The fourth-order valence-electron chi connectivity index (χ4n) is 1.40. The van der Waals surface area contributed by atoms with Crippen molar-refractivity contribution in [3.8, 4) is 0 Å². The van der Waals surface area contributed by atoms with Crippen LogP contribution in [0.15, 0.2) is 30.3 Å². The summed E-state index contributed by atoms with van der Waals surface area (Å²) in [5, 5.41) is 9.94. The van der Waals surface area contributed by atoms with Gasteiger partial charge in [-0.05, 0) is 12.1 Å². The molecule has 1 N–H and O–H groups in total. The molecule has 0 radical (unpaired) electrons. The van der Waals surface area contributed by atoms with Gasteiger partial charge in [-0.15, -0.1) is 0 Å². The normalized spacial score (nSPS) is 10.4. The van der Waals surface area contributed by atoms with Crippen molar-refractivity contribution in [1.82, 2.24) is 4.98 Å². The van der Waals surface area contributed by atoms with Crippen LogP contribution in [-0.2, 0) is 6.61 Å². The summed E-state index contributed by atoms with van der Waals surface area (Å²) in [5.41, 5.74) is 1.65. The number of aldehydes is 1. The Labute approximate surface area is 81.0 Å². The average Bonchev–Trinajstić information content (AvgIpc) is 2.27. The number of aliphatic hydroxyl groups is 1. The minimum Gasteiger partial charge on any atom is -0.392 e. The molecule has 0 atom stereocenters. The highest BCUT2D eigenvalue weighted by Crippen LogP contribution is 2.15. The quantitative estimate of drug-likeness (QED) is 0.725. The number of para-hydroxylation sites is 1. The number of hydrogen-bond donors (Lipinski definition) is 1. The summed E-state index contributed by atoms with van der Waals surface area (Å²) in [5.74, 6) is 0. The Bertz CT molecular complexity index is 480. The molecule has 2 aromatic rings. The van der Waals surface area contributed by atoms with E-state index in [4.69, 9.17) is 5.11 Å². The monoisotopic (exact) mass is 187 g/mol. The van der Waals surface area contributed by atoms with Gasteiger partial charge in [0.2, 0.25) is 0 Å². The number of hydrogen-bond acceptors (Lipinski definition) is 3. The zero-order valence-electron chi connectivity index (χ0n) is 7.47. The van der Waals surface area contributed by atoms with Crippen molar-refractivity contribution in [3.63, 3.8) is 0 Å². The lowest BCUT2D eigenvalue weighted by Crippen LogP contribution is -1.96. The van der Waals surface area contributed by atoms with Gasteiger partial charge in [0.1, 0.15) is 5.69 Å². The van der Waals surface area contributed by atoms with E-state index in [1.165, 1.54) is 0 Å². The first-order chi connectivity index (χ1) is 6.85. The number of aliphatic hydroxyl groups excluding tert-OH is 1. The Balaban J connectivity index is 2.75. The highest BCUT2D eigenvalue weighted by Gasteiger charge is 2.04. The van der Waals surface area contributed by atoms with Crippen LogP contribution in [0.25, 0.3) is 10.9 Å². The van der Waals surface area contributed by atoms with E-state index in [-0.39, 0.29) is 6.61 Å². The fraction of sp³-hybridized carbons (Fsp3) is 0.0909. The van der Waals surface area contributed by atoms with Crippen LogP contribution in [-0.4, -0.2) is 16.4 Å². The van der Waals surface area contributed by atoms with Gasteiger partial charge in [-0.3, -0.25) is 4.79 Å². The Morgan fingerprint density at radius 3 is 2.86 bits per heavy atom. The van der Waals surface area contributed by atoms with Crippen molar-refractivity contribution in [2.24, 2.45) is 0 Å². The first kappa shape index (κ1) is 8.84. The lowest BCUT2D eigenvalue weighted by Gasteiger charge is -2.02. The highest BCUT2D eigenvalue weighted by atomic mass is 16.3. The molecule has 0 aliphatic heterocycles. The molecule has 0 saturated carbocycles. The van der Waals surface area contributed by atoms with Crippen molar-refractivity contribution in [3.05, 3.63) is 41.6 Å². The Hall–Kier alpha value is -1.74. The van der Waals surface area contributed by atoms with Crippen molar-refractivity contribution < 1.29 is 9.90 Å². The van der Waals surface area contributed by atoms with Gasteiger partial charge in [0, 0.05) is 10.9 Å². The molecule has 0 spiro atoms. The molecule has 3 nitrogen and oxygen atoms in total. The summed E-state index contributed by atoms with van der Waals surface area (Å²) in [6.07, 6.45) is 0.665. The average molecular weight is 187 g/mol. The van der Waals surface area contributed by atoms with Crippen molar-refractivity contribution in [1.29, 1.82) is 0 Å². The van der Waals surface area contributed by atoms with Crippen LogP contribution >= 0.6 is 0 Å². The van der Waals surface area contributed by atoms with E-state index < -0.39 is 0 Å². The van der Waals surface area contributed by atoms with Gasteiger partial charge in [0.05, 0.1) is 12.1 Å². The van der Waals surface area contributed by atoms with Crippen LogP contribution < -0.4 is 0 Å². The molecular formula is C11H9NO2. The third-order valence-electron chi connectivity index (χ3n) is 2.12. The number of benzene rings is 1. The van der Waals surface area contributed by atoms with Gasteiger partial charge < -0.3 is 5.11 Å². The molecule has 0 bridgehead atoms. The molecule has 0 fully saturated rings. The van der Waals surface area contributed by atoms with E-state index in [0.717, 1.165) is 10.9 Å². The van der Waals surface area contributed by atoms with Crippen molar-refractivity contribution in [2.75, 3.05) is 0 Å². The Morgan fingerprint density at radius 1 is 1.36 bits per heavy atom. The smallest absolute Gasteiger partial charge is 0.168 e. The number of pyridine rings is 1. The predicted octanol–water partition coefficient (Wildman–Crippen LogP) is 1.54. The zero-order valence-corrected chi connectivity index (χ0v) is 7.47. The van der Waals surface area contributed by atoms with Crippen LogP contribution in [0.3, 0.4) is 0 Å². The molecule has 1 heterocycles. The highest BCUT2D eigenvalue weighted by molar-refractivity contribution is 5.85. The minimum absolute atomic E-state index is 0.161. The molecule has 0 aliphatic rings. The molecule has 0 aliphatic carbocycles. The molecule has 1 aromatic heterocycles. The Morgan fingerprint density at radius 2 is 2.14 bits per heavy atom. The maximum Gasteiger partial charge on any atom is 0.168 e. The van der Waals surface area contributed by atoms with Crippen molar-refractivity contribution >= 4 is 17.2 Å². The van der Waals surface area contributed by atoms with Gasteiger partial charge >= 0.3 is 0 Å². The van der Waals surface area contributed by atoms with Crippen molar-refractivity contribution in [2.45, 2.75) is 6.61 Å². The predicted molar refractivity (Wildman–Crippen MR) is 53.1 cm³/mol. The first-order valence-corrected chi connectivity index (χ1v) is 4.30. The van der Waals surface area contributed by atoms with E-state index in [1.807, 2.05) is 24.3 Å². The maximum atomic E-state index is 10.7. The topological polar surface area (TPSA) is 50.2 Å².